The maximum absolute atomic E-state index is 12.8. The summed E-state index contributed by atoms with van der Waals surface area (Å²) in [5.74, 6) is 2.22. The zero-order chi connectivity index (χ0) is 21.8. The molecule has 2 aromatic rings. The molecule has 2 aromatic carbocycles. The van der Waals surface area contributed by atoms with Crippen LogP contribution in [0.5, 0.6) is 23.0 Å². The van der Waals surface area contributed by atoms with Gasteiger partial charge in [-0.05, 0) is 24.3 Å². The van der Waals surface area contributed by atoms with Crippen molar-refractivity contribution in [2.24, 2.45) is 0 Å². The Morgan fingerprint density at radius 2 is 1.68 bits per heavy atom. The van der Waals surface area contributed by atoms with Crippen LogP contribution in [0.1, 0.15) is 0 Å². The number of urea groups is 1. The summed E-state index contributed by atoms with van der Waals surface area (Å²) in [7, 11) is 3.10. The highest BCUT2D eigenvalue weighted by Crippen LogP contribution is 2.32. The van der Waals surface area contributed by atoms with Gasteiger partial charge in [0.05, 0.1) is 19.9 Å². The molecule has 2 aliphatic heterocycles. The highest BCUT2D eigenvalue weighted by atomic mass is 16.6. The minimum absolute atomic E-state index is 0.133. The van der Waals surface area contributed by atoms with Crippen LogP contribution in [0.2, 0.25) is 0 Å². The van der Waals surface area contributed by atoms with Crippen LogP contribution in [0.15, 0.2) is 42.5 Å². The first-order chi connectivity index (χ1) is 15.1. The number of fused-ring (bicyclic) bond motifs is 1. The molecule has 4 rings (SSSR count). The first kappa shape index (κ1) is 20.6. The third kappa shape index (κ3) is 4.45. The van der Waals surface area contributed by atoms with Gasteiger partial charge >= 0.3 is 6.03 Å². The Bertz CT molecular complexity index is 958. The second-order valence-electron chi connectivity index (χ2n) is 7.17. The molecule has 9 nitrogen and oxygen atoms in total. The molecular formula is C22H25N3O6. The molecule has 1 fully saturated rings. The van der Waals surface area contributed by atoms with Crippen LogP contribution in [0.25, 0.3) is 0 Å². The Hall–Kier alpha value is -3.62. The van der Waals surface area contributed by atoms with E-state index in [0.717, 1.165) is 0 Å². The number of carbonyl (C=O) groups is 2. The molecule has 1 saturated heterocycles. The third-order valence-corrected chi connectivity index (χ3v) is 5.31. The summed E-state index contributed by atoms with van der Waals surface area (Å²) in [6, 6.07) is 12.2. The number of anilines is 1. The largest absolute Gasteiger partial charge is 0.497 e. The van der Waals surface area contributed by atoms with E-state index in [9.17, 15) is 9.59 Å². The second-order valence-corrected chi connectivity index (χ2v) is 7.17. The summed E-state index contributed by atoms with van der Waals surface area (Å²) in [6.07, 6.45) is -0.682. The number of carbonyl (C=O) groups excluding carboxylic acids is 2. The number of nitrogens with zero attached hydrogens (tertiary/aromatic N) is 2. The Morgan fingerprint density at radius 3 is 2.39 bits per heavy atom. The van der Waals surface area contributed by atoms with E-state index in [1.54, 1.807) is 41.2 Å². The van der Waals surface area contributed by atoms with Gasteiger partial charge in [-0.15, -0.1) is 0 Å². The van der Waals surface area contributed by atoms with Crippen molar-refractivity contribution in [1.29, 1.82) is 0 Å². The quantitative estimate of drug-likeness (QED) is 0.805. The fourth-order valence-corrected chi connectivity index (χ4v) is 3.57. The molecule has 31 heavy (non-hydrogen) atoms. The number of amides is 3. The van der Waals surface area contributed by atoms with Crippen LogP contribution >= 0.6 is 0 Å². The topological polar surface area (TPSA) is 89.6 Å². The number of para-hydroxylation sites is 2. The van der Waals surface area contributed by atoms with Crippen molar-refractivity contribution in [3.05, 3.63) is 42.5 Å². The molecule has 2 heterocycles. The zero-order valence-corrected chi connectivity index (χ0v) is 17.5. The van der Waals surface area contributed by atoms with E-state index in [0.29, 0.717) is 54.9 Å². The summed E-state index contributed by atoms with van der Waals surface area (Å²) >= 11 is 0. The summed E-state index contributed by atoms with van der Waals surface area (Å²) in [5, 5.41) is 2.86. The van der Waals surface area contributed by atoms with Gasteiger partial charge in [0.15, 0.2) is 11.5 Å². The fourth-order valence-electron chi connectivity index (χ4n) is 3.57. The number of piperazine rings is 1. The zero-order valence-electron chi connectivity index (χ0n) is 17.5. The lowest BCUT2D eigenvalue weighted by Crippen LogP contribution is -2.55. The predicted octanol–water partition coefficient (Wildman–Crippen LogP) is 2.22. The van der Waals surface area contributed by atoms with Crippen molar-refractivity contribution >= 4 is 17.6 Å². The first-order valence-corrected chi connectivity index (χ1v) is 10.0. The Morgan fingerprint density at radius 1 is 0.968 bits per heavy atom. The minimum atomic E-state index is -0.682. The SMILES string of the molecule is COc1ccc(NC(=O)N2CCN(C(=O)C3COc4ccccc4O3)CC2)c(OC)c1. The molecule has 0 aromatic heterocycles. The number of hydrogen-bond acceptors (Lipinski definition) is 6. The van der Waals surface area contributed by atoms with Crippen LogP contribution in [0, 0.1) is 0 Å². The predicted molar refractivity (Wildman–Crippen MR) is 113 cm³/mol. The number of ether oxygens (including phenoxy) is 4. The van der Waals surface area contributed by atoms with Crippen LogP contribution in [0.4, 0.5) is 10.5 Å². The molecule has 9 heteroatoms. The van der Waals surface area contributed by atoms with Crippen LogP contribution < -0.4 is 24.3 Å². The van der Waals surface area contributed by atoms with E-state index < -0.39 is 6.10 Å². The van der Waals surface area contributed by atoms with E-state index >= 15 is 0 Å². The molecule has 3 amide bonds. The molecule has 0 bridgehead atoms. The minimum Gasteiger partial charge on any atom is -0.497 e. The van der Waals surface area contributed by atoms with Crippen LogP contribution in [0.3, 0.4) is 0 Å². The van der Waals surface area contributed by atoms with Crippen molar-refractivity contribution in [2.45, 2.75) is 6.10 Å². The van der Waals surface area contributed by atoms with Crippen molar-refractivity contribution in [1.82, 2.24) is 9.80 Å². The molecule has 1 N–H and O–H groups in total. The maximum Gasteiger partial charge on any atom is 0.322 e. The summed E-state index contributed by atoms with van der Waals surface area (Å²) < 4.78 is 22.0. The average Bonchev–Trinajstić information content (AvgIpc) is 2.83. The van der Waals surface area contributed by atoms with Crippen LogP contribution in [-0.4, -0.2) is 74.8 Å². The van der Waals surface area contributed by atoms with E-state index in [1.807, 2.05) is 18.2 Å². The molecule has 1 atom stereocenters. The molecule has 2 aliphatic rings. The number of benzene rings is 2. The average molecular weight is 427 g/mol. The van der Waals surface area contributed by atoms with Crippen molar-refractivity contribution in [3.63, 3.8) is 0 Å². The molecule has 0 radical (unpaired) electrons. The Balaban J connectivity index is 1.31. The number of nitrogens with one attached hydrogen (secondary N) is 1. The normalized spacial score (nSPS) is 17.7. The molecular weight excluding hydrogens is 402 g/mol. The monoisotopic (exact) mass is 427 g/mol. The first-order valence-electron chi connectivity index (χ1n) is 10.0. The second kappa shape index (κ2) is 9.03. The van der Waals surface area contributed by atoms with Gasteiger partial charge in [0, 0.05) is 32.2 Å². The molecule has 0 spiro atoms. The van der Waals surface area contributed by atoms with Gasteiger partial charge in [0.1, 0.15) is 18.1 Å². The van der Waals surface area contributed by atoms with E-state index in [4.69, 9.17) is 18.9 Å². The Labute approximate surface area is 180 Å². The van der Waals surface area contributed by atoms with Crippen LogP contribution in [-0.2, 0) is 4.79 Å². The van der Waals surface area contributed by atoms with Crippen molar-refractivity contribution in [3.8, 4) is 23.0 Å². The molecule has 1 unspecified atom stereocenters. The summed E-state index contributed by atoms with van der Waals surface area (Å²) in [5.41, 5.74) is 0.554. The smallest absolute Gasteiger partial charge is 0.322 e. The number of rotatable bonds is 4. The van der Waals surface area contributed by atoms with Gasteiger partial charge in [-0.25, -0.2) is 4.79 Å². The maximum atomic E-state index is 12.8. The molecule has 0 saturated carbocycles. The highest BCUT2D eigenvalue weighted by molar-refractivity contribution is 5.91. The van der Waals surface area contributed by atoms with Crippen molar-refractivity contribution < 1.29 is 28.5 Å². The number of methoxy groups -OCH3 is 2. The van der Waals surface area contributed by atoms with Gasteiger partial charge in [-0.2, -0.15) is 0 Å². The standard InChI is InChI=1S/C22H25N3O6/c1-28-15-7-8-16(19(13-15)29-2)23-22(27)25-11-9-24(10-12-25)21(26)20-14-30-17-5-3-4-6-18(17)31-20/h3-8,13,20H,9-12,14H2,1-2H3,(H,23,27). The lowest BCUT2D eigenvalue weighted by atomic mass is 10.2. The fraction of sp³-hybridized carbons (Fsp3) is 0.364. The highest BCUT2D eigenvalue weighted by Gasteiger charge is 2.33. The third-order valence-electron chi connectivity index (χ3n) is 5.31. The van der Waals surface area contributed by atoms with Gasteiger partial charge in [-0.3, -0.25) is 4.79 Å². The number of hydrogen-bond donors (Lipinski definition) is 1. The van der Waals surface area contributed by atoms with Gasteiger partial charge in [0.2, 0.25) is 6.10 Å². The van der Waals surface area contributed by atoms with E-state index in [-0.39, 0.29) is 18.5 Å². The lowest BCUT2D eigenvalue weighted by Gasteiger charge is -2.37. The van der Waals surface area contributed by atoms with E-state index in [2.05, 4.69) is 5.32 Å². The van der Waals surface area contributed by atoms with Crippen molar-refractivity contribution in [2.75, 3.05) is 52.3 Å². The molecule has 164 valence electrons. The van der Waals surface area contributed by atoms with Gasteiger partial charge in [-0.1, -0.05) is 12.1 Å². The summed E-state index contributed by atoms with van der Waals surface area (Å²) in [4.78, 5) is 28.9. The Kier molecular flexibility index (Phi) is 6.01. The van der Waals surface area contributed by atoms with Gasteiger partial charge in [0.25, 0.3) is 5.91 Å². The van der Waals surface area contributed by atoms with E-state index in [1.165, 1.54) is 7.11 Å². The van der Waals surface area contributed by atoms with Gasteiger partial charge < -0.3 is 34.1 Å². The molecule has 0 aliphatic carbocycles. The summed E-state index contributed by atoms with van der Waals surface area (Å²) in [6.45, 7) is 1.86. The lowest BCUT2D eigenvalue weighted by molar-refractivity contribution is -0.142.